The number of aromatic nitrogens is 2. The third-order valence-electron chi connectivity index (χ3n) is 2.52. The van der Waals surface area contributed by atoms with Crippen molar-refractivity contribution in [3.63, 3.8) is 0 Å². The summed E-state index contributed by atoms with van der Waals surface area (Å²) in [5.74, 6) is 0. The number of hydrogen-bond donors (Lipinski definition) is 1. The van der Waals surface area contributed by atoms with Gasteiger partial charge in [-0.25, -0.2) is 0 Å². The van der Waals surface area contributed by atoms with Gasteiger partial charge < -0.3 is 5.73 Å². The molecule has 0 fully saturated rings. The lowest BCUT2D eigenvalue weighted by Gasteiger charge is -2.05. The summed E-state index contributed by atoms with van der Waals surface area (Å²) < 4.78 is 3.05. The molecule has 2 heterocycles. The summed E-state index contributed by atoms with van der Waals surface area (Å²) in [4.78, 5) is 1.17. The summed E-state index contributed by atoms with van der Waals surface area (Å²) in [6, 6.07) is 2.05. The number of rotatable bonds is 3. The quantitative estimate of drug-likeness (QED) is 0.946. The monoisotopic (exact) mass is 299 g/mol. The second-order valence-corrected chi connectivity index (χ2v) is 6.11. The van der Waals surface area contributed by atoms with Crippen LogP contribution in [0, 0.1) is 6.92 Å². The van der Waals surface area contributed by atoms with Crippen molar-refractivity contribution in [2.24, 2.45) is 5.73 Å². The molecule has 0 saturated heterocycles. The maximum Gasteiger partial charge on any atom is 0.0731 e. The predicted octanol–water partition coefficient (Wildman–Crippen LogP) is 3.08. The average Bonchev–Trinajstić information content (AvgIpc) is 2.86. The molecule has 86 valence electrons. The van der Waals surface area contributed by atoms with Crippen molar-refractivity contribution in [3.05, 3.63) is 38.3 Å². The fraction of sp³-hybridized carbons (Fsp3) is 0.364. The molecule has 2 rings (SSSR count). The van der Waals surface area contributed by atoms with Crippen molar-refractivity contribution in [1.29, 1.82) is 0 Å². The van der Waals surface area contributed by atoms with E-state index in [4.69, 9.17) is 5.73 Å². The Bertz CT molecular complexity index is 470. The van der Waals surface area contributed by atoms with Gasteiger partial charge in [-0.15, -0.1) is 11.3 Å². The molecule has 2 aromatic heterocycles. The fourth-order valence-electron chi connectivity index (χ4n) is 1.51. The molecule has 0 aliphatic carbocycles. The van der Waals surface area contributed by atoms with E-state index in [-0.39, 0.29) is 6.04 Å². The molecule has 2 aromatic rings. The van der Waals surface area contributed by atoms with Crippen molar-refractivity contribution in [1.82, 2.24) is 9.78 Å². The normalized spacial score (nSPS) is 13.0. The van der Waals surface area contributed by atoms with Gasteiger partial charge in [0.2, 0.25) is 0 Å². The van der Waals surface area contributed by atoms with E-state index in [0.717, 1.165) is 15.9 Å². The first-order valence-corrected chi connectivity index (χ1v) is 6.76. The van der Waals surface area contributed by atoms with E-state index in [9.17, 15) is 0 Å². The second kappa shape index (κ2) is 4.69. The molecule has 0 amide bonds. The Hall–Kier alpha value is -0.650. The molecule has 0 radical (unpaired) electrons. The Morgan fingerprint density at radius 2 is 2.38 bits per heavy atom. The third kappa shape index (κ3) is 2.21. The van der Waals surface area contributed by atoms with Crippen LogP contribution in [-0.2, 0) is 6.54 Å². The lowest BCUT2D eigenvalue weighted by Crippen LogP contribution is -2.09. The minimum Gasteiger partial charge on any atom is -0.320 e. The Balaban J connectivity index is 2.27. The molecule has 1 atom stereocenters. The van der Waals surface area contributed by atoms with Gasteiger partial charge in [-0.3, -0.25) is 4.68 Å². The first kappa shape index (κ1) is 11.8. The first-order valence-electron chi connectivity index (χ1n) is 5.15. The lowest BCUT2D eigenvalue weighted by molar-refractivity contribution is 0.658. The van der Waals surface area contributed by atoms with Crippen molar-refractivity contribution in [2.75, 3.05) is 0 Å². The van der Waals surface area contributed by atoms with Gasteiger partial charge in [-0.05, 0) is 41.4 Å². The standard InChI is InChI=1S/C11H14BrN3S/c1-3-15-6-8(5-14-15)10(13)9-4-7(2)11(12)16-9/h4-6,10H,3,13H2,1-2H3. The molecule has 0 aliphatic heterocycles. The number of nitrogens with two attached hydrogens (primary N) is 1. The SMILES string of the molecule is CCn1cc(C(N)c2cc(C)c(Br)s2)cn1. The largest absolute Gasteiger partial charge is 0.320 e. The minimum atomic E-state index is -0.0738. The number of nitrogens with zero attached hydrogens (tertiary/aromatic N) is 2. The Labute approximate surface area is 107 Å². The minimum absolute atomic E-state index is 0.0738. The molecule has 0 bridgehead atoms. The van der Waals surface area contributed by atoms with Gasteiger partial charge in [-0.2, -0.15) is 5.10 Å². The summed E-state index contributed by atoms with van der Waals surface area (Å²) >= 11 is 5.21. The van der Waals surface area contributed by atoms with Gasteiger partial charge in [0, 0.05) is 23.2 Å². The average molecular weight is 300 g/mol. The topological polar surface area (TPSA) is 43.8 Å². The van der Waals surface area contributed by atoms with Gasteiger partial charge in [0.1, 0.15) is 0 Å². The van der Waals surface area contributed by atoms with Crippen molar-refractivity contribution >= 4 is 27.3 Å². The molecule has 5 heteroatoms. The van der Waals surface area contributed by atoms with Crippen LogP contribution in [0.4, 0.5) is 0 Å². The van der Waals surface area contributed by atoms with E-state index in [1.54, 1.807) is 11.3 Å². The van der Waals surface area contributed by atoms with E-state index in [1.165, 1.54) is 10.4 Å². The molecular formula is C11H14BrN3S. The Kier molecular flexibility index (Phi) is 3.47. The van der Waals surface area contributed by atoms with Crippen molar-refractivity contribution in [2.45, 2.75) is 26.4 Å². The van der Waals surface area contributed by atoms with Crippen LogP contribution >= 0.6 is 27.3 Å². The molecule has 0 aromatic carbocycles. The molecular weight excluding hydrogens is 286 g/mol. The summed E-state index contributed by atoms with van der Waals surface area (Å²) in [6.45, 7) is 5.01. The van der Waals surface area contributed by atoms with E-state index in [2.05, 4.69) is 40.9 Å². The van der Waals surface area contributed by atoms with Crippen LogP contribution in [0.3, 0.4) is 0 Å². The van der Waals surface area contributed by atoms with Crippen LogP contribution < -0.4 is 5.73 Å². The van der Waals surface area contributed by atoms with Gasteiger partial charge in [0.15, 0.2) is 0 Å². The van der Waals surface area contributed by atoms with Crippen LogP contribution in [0.1, 0.15) is 29.0 Å². The van der Waals surface area contributed by atoms with Crippen molar-refractivity contribution < 1.29 is 0 Å². The number of thiophene rings is 1. The van der Waals surface area contributed by atoms with E-state index in [1.807, 2.05) is 17.1 Å². The fourth-order valence-corrected chi connectivity index (χ4v) is 3.11. The molecule has 0 spiro atoms. The maximum atomic E-state index is 6.20. The van der Waals surface area contributed by atoms with E-state index in [0.29, 0.717) is 0 Å². The summed E-state index contributed by atoms with van der Waals surface area (Å²) in [6.07, 6.45) is 3.85. The smallest absolute Gasteiger partial charge is 0.0731 e. The predicted molar refractivity (Wildman–Crippen MR) is 70.7 cm³/mol. The molecule has 1 unspecified atom stereocenters. The van der Waals surface area contributed by atoms with E-state index < -0.39 is 0 Å². The number of aryl methyl sites for hydroxylation is 2. The third-order valence-corrected chi connectivity index (χ3v) is 4.74. The number of halogens is 1. The van der Waals surface area contributed by atoms with Gasteiger partial charge in [-0.1, -0.05) is 0 Å². The van der Waals surface area contributed by atoms with Crippen LogP contribution in [-0.4, -0.2) is 9.78 Å². The van der Waals surface area contributed by atoms with E-state index >= 15 is 0 Å². The van der Waals surface area contributed by atoms with Crippen molar-refractivity contribution in [3.8, 4) is 0 Å². The summed E-state index contributed by atoms with van der Waals surface area (Å²) in [7, 11) is 0. The highest BCUT2D eigenvalue weighted by Crippen LogP contribution is 2.32. The molecule has 0 saturated carbocycles. The van der Waals surface area contributed by atoms with Crippen LogP contribution in [0.2, 0.25) is 0 Å². The maximum absolute atomic E-state index is 6.20. The highest BCUT2D eigenvalue weighted by molar-refractivity contribution is 9.11. The lowest BCUT2D eigenvalue weighted by atomic mass is 10.1. The van der Waals surface area contributed by atoms with Gasteiger partial charge >= 0.3 is 0 Å². The van der Waals surface area contributed by atoms with Gasteiger partial charge in [0.05, 0.1) is 16.0 Å². The Morgan fingerprint density at radius 1 is 1.62 bits per heavy atom. The molecule has 2 N–H and O–H groups in total. The number of hydrogen-bond acceptors (Lipinski definition) is 3. The highest BCUT2D eigenvalue weighted by Gasteiger charge is 2.14. The zero-order chi connectivity index (χ0) is 11.7. The Morgan fingerprint density at radius 3 is 2.88 bits per heavy atom. The zero-order valence-corrected chi connectivity index (χ0v) is 11.7. The first-order chi connectivity index (χ1) is 7.61. The van der Waals surface area contributed by atoms with Crippen LogP contribution in [0.25, 0.3) is 0 Å². The molecule has 0 aliphatic rings. The summed E-state index contributed by atoms with van der Waals surface area (Å²) in [5, 5.41) is 4.24. The molecule has 3 nitrogen and oxygen atoms in total. The summed E-state index contributed by atoms with van der Waals surface area (Å²) in [5.41, 5.74) is 8.50. The zero-order valence-electron chi connectivity index (χ0n) is 9.27. The van der Waals surface area contributed by atoms with Crippen LogP contribution in [0.5, 0.6) is 0 Å². The highest BCUT2D eigenvalue weighted by atomic mass is 79.9. The molecule has 16 heavy (non-hydrogen) atoms. The van der Waals surface area contributed by atoms with Crippen LogP contribution in [0.15, 0.2) is 22.2 Å². The second-order valence-electron chi connectivity index (χ2n) is 3.71. The van der Waals surface area contributed by atoms with Gasteiger partial charge in [0.25, 0.3) is 0 Å².